The van der Waals surface area contributed by atoms with Gasteiger partial charge in [-0.1, -0.05) is 23.7 Å². The van der Waals surface area contributed by atoms with E-state index in [-0.39, 0.29) is 24.9 Å². The van der Waals surface area contributed by atoms with Crippen molar-refractivity contribution in [1.29, 1.82) is 5.26 Å². The molecular weight excluding hydrogens is 306 g/mol. The Labute approximate surface area is 133 Å². The first-order valence-electron chi connectivity index (χ1n) is 6.89. The second-order valence-corrected chi connectivity index (χ2v) is 5.65. The number of benzene rings is 1. The first kappa shape index (κ1) is 16.1. The predicted molar refractivity (Wildman–Crippen MR) is 80.2 cm³/mol. The number of carbonyl (C=O) groups excluding carboxylic acids is 1. The van der Waals surface area contributed by atoms with E-state index in [1.165, 1.54) is 4.90 Å². The van der Waals surface area contributed by atoms with Crippen molar-refractivity contribution in [2.75, 3.05) is 19.6 Å². The van der Waals surface area contributed by atoms with Crippen molar-refractivity contribution in [3.63, 3.8) is 0 Å². The van der Waals surface area contributed by atoms with E-state index < -0.39 is 5.97 Å². The summed E-state index contributed by atoms with van der Waals surface area (Å²) >= 11 is 5.93. The minimum Gasteiger partial charge on any atom is -0.481 e. The largest absolute Gasteiger partial charge is 0.481 e. The number of likely N-dealkylation sites (tertiary alicyclic amines) is 1. The number of aliphatic carboxylic acids is 1. The lowest BCUT2D eigenvalue weighted by Crippen LogP contribution is -2.54. The molecule has 0 spiro atoms. The number of carboxylic acids is 1. The van der Waals surface area contributed by atoms with Crippen LogP contribution in [0.25, 0.3) is 0 Å². The van der Waals surface area contributed by atoms with E-state index in [1.807, 2.05) is 6.07 Å². The van der Waals surface area contributed by atoms with Gasteiger partial charge in [0.25, 0.3) is 0 Å². The normalized spacial score (nSPS) is 14.1. The third-order valence-electron chi connectivity index (χ3n) is 3.46. The summed E-state index contributed by atoms with van der Waals surface area (Å²) < 4.78 is 0. The maximum atomic E-state index is 12.4. The molecule has 1 saturated heterocycles. The Kier molecular flexibility index (Phi) is 5.23. The van der Waals surface area contributed by atoms with Crippen LogP contribution in [0.5, 0.6) is 0 Å². The summed E-state index contributed by atoms with van der Waals surface area (Å²) in [5.74, 6) is -1.08. The van der Waals surface area contributed by atoms with Crippen LogP contribution in [0, 0.1) is 17.2 Å². The highest BCUT2D eigenvalue weighted by Crippen LogP contribution is 2.19. The van der Waals surface area contributed by atoms with Crippen molar-refractivity contribution in [3.8, 4) is 6.07 Å². The molecule has 116 valence electrons. The summed E-state index contributed by atoms with van der Waals surface area (Å²) in [5, 5.41) is 18.2. The first-order valence-corrected chi connectivity index (χ1v) is 7.27. The molecule has 7 heteroatoms. The number of nitrogens with zero attached hydrogens (tertiary/aromatic N) is 3. The molecule has 0 bridgehead atoms. The zero-order chi connectivity index (χ0) is 16.1. The average Bonchev–Trinajstić information content (AvgIpc) is 2.42. The van der Waals surface area contributed by atoms with E-state index in [1.54, 1.807) is 23.1 Å². The van der Waals surface area contributed by atoms with Crippen molar-refractivity contribution in [1.82, 2.24) is 9.80 Å². The SMILES string of the molecule is N#CC1CN(C(=O)N(CCC(=O)O)Cc2cccc(Cl)c2)C1. The molecule has 0 radical (unpaired) electrons. The van der Waals surface area contributed by atoms with Crippen molar-refractivity contribution < 1.29 is 14.7 Å². The number of rotatable bonds is 5. The van der Waals surface area contributed by atoms with Gasteiger partial charge in [-0.05, 0) is 17.7 Å². The molecular formula is C15H16ClN3O3. The Balaban J connectivity index is 2.04. The van der Waals surface area contributed by atoms with Gasteiger partial charge in [-0.3, -0.25) is 4.79 Å². The molecule has 1 aromatic carbocycles. The quantitative estimate of drug-likeness (QED) is 0.901. The van der Waals surface area contributed by atoms with Gasteiger partial charge in [0.15, 0.2) is 0 Å². The number of carbonyl (C=O) groups is 2. The molecule has 0 aliphatic carbocycles. The van der Waals surface area contributed by atoms with Gasteiger partial charge in [0.2, 0.25) is 0 Å². The highest BCUT2D eigenvalue weighted by atomic mass is 35.5. The second kappa shape index (κ2) is 7.14. The fourth-order valence-corrected chi connectivity index (χ4v) is 2.46. The lowest BCUT2D eigenvalue weighted by molar-refractivity contribution is -0.137. The summed E-state index contributed by atoms with van der Waals surface area (Å²) in [4.78, 5) is 26.2. The molecule has 1 N–H and O–H groups in total. The summed E-state index contributed by atoms with van der Waals surface area (Å²) in [6.45, 7) is 1.21. The van der Waals surface area contributed by atoms with E-state index in [0.717, 1.165) is 5.56 Å². The molecule has 0 atom stereocenters. The van der Waals surface area contributed by atoms with Crippen LogP contribution in [-0.4, -0.2) is 46.5 Å². The Bertz CT molecular complexity index is 608. The molecule has 0 saturated carbocycles. The number of nitriles is 1. The molecule has 2 amide bonds. The van der Waals surface area contributed by atoms with Crippen LogP contribution in [0.3, 0.4) is 0 Å². The molecule has 6 nitrogen and oxygen atoms in total. The first-order chi connectivity index (χ1) is 10.5. The smallest absolute Gasteiger partial charge is 0.320 e. The molecule has 0 aromatic heterocycles. The summed E-state index contributed by atoms with van der Waals surface area (Å²) in [6, 6.07) is 8.97. The molecule has 1 aromatic rings. The van der Waals surface area contributed by atoms with E-state index in [2.05, 4.69) is 6.07 Å². The van der Waals surface area contributed by atoms with Crippen LogP contribution in [0.4, 0.5) is 4.79 Å². The highest BCUT2D eigenvalue weighted by Gasteiger charge is 2.33. The Morgan fingerprint density at radius 2 is 2.18 bits per heavy atom. The van der Waals surface area contributed by atoms with Crippen molar-refractivity contribution >= 4 is 23.6 Å². The average molecular weight is 322 g/mol. The standard InChI is InChI=1S/C15H16ClN3O3/c16-13-3-1-2-11(6-13)8-18(5-4-14(20)21)15(22)19-9-12(7-17)10-19/h1-3,6,12H,4-5,8-10H2,(H,20,21). The van der Waals surface area contributed by atoms with Crippen LogP contribution in [-0.2, 0) is 11.3 Å². The number of halogens is 1. The fraction of sp³-hybridized carbons (Fsp3) is 0.400. The van der Waals surface area contributed by atoms with Gasteiger partial charge < -0.3 is 14.9 Å². The highest BCUT2D eigenvalue weighted by molar-refractivity contribution is 6.30. The van der Waals surface area contributed by atoms with Gasteiger partial charge in [0, 0.05) is 31.2 Å². The Morgan fingerprint density at radius 1 is 1.45 bits per heavy atom. The molecule has 1 fully saturated rings. The number of amides is 2. The van der Waals surface area contributed by atoms with E-state index in [0.29, 0.717) is 24.7 Å². The van der Waals surface area contributed by atoms with Crippen LogP contribution in [0.2, 0.25) is 5.02 Å². The predicted octanol–water partition coefficient (Wildman–Crippen LogP) is 2.19. The third-order valence-corrected chi connectivity index (χ3v) is 3.70. The zero-order valence-corrected chi connectivity index (χ0v) is 12.7. The molecule has 1 aliphatic rings. The van der Waals surface area contributed by atoms with E-state index >= 15 is 0 Å². The Morgan fingerprint density at radius 3 is 2.77 bits per heavy atom. The number of hydrogen-bond donors (Lipinski definition) is 1. The Hall–Kier alpha value is -2.26. The van der Waals surface area contributed by atoms with Crippen LogP contribution >= 0.6 is 11.6 Å². The second-order valence-electron chi connectivity index (χ2n) is 5.21. The lowest BCUT2D eigenvalue weighted by Gasteiger charge is -2.39. The maximum absolute atomic E-state index is 12.4. The molecule has 22 heavy (non-hydrogen) atoms. The maximum Gasteiger partial charge on any atom is 0.320 e. The molecule has 1 aliphatic heterocycles. The minimum absolute atomic E-state index is 0.119. The summed E-state index contributed by atoms with van der Waals surface area (Å²) in [7, 11) is 0. The van der Waals surface area contributed by atoms with Crippen LogP contribution < -0.4 is 0 Å². The molecule has 2 rings (SSSR count). The van der Waals surface area contributed by atoms with Crippen molar-refractivity contribution in [2.24, 2.45) is 5.92 Å². The molecule has 1 heterocycles. The number of urea groups is 1. The monoisotopic (exact) mass is 321 g/mol. The van der Waals surface area contributed by atoms with E-state index in [4.69, 9.17) is 22.0 Å². The van der Waals surface area contributed by atoms with Gasteiger partial charge in [-0.2, -0.15) is 5.26 Å². The minimum atomic E-state index is -0.956. The van der Waals surface area contributed by atoms with Crippen molar-refractivity contribution in [3.05, 3.63) is 34.9 Å². The third kappa shape index (κ3) is 4.12. The van der Waals surface area contributed by atoms with Crippen molar-refractivity contribution in [2.45, 2.75) is 13.0 Å². The van der Waals surface area contributed by atoms with Crippen LogP contribution in [0.15, 0.2) is 24.3 Å². The lowest BCUT2D eigenvalue weighted by atomic mass is 10.0. The van der Waals surface area contributed by atoms with Crippen LogP contribution in [0.1, 0.15) is 12.0 Å². The zero-order valence-electron chi connectivity index (χ0n) is 11.9. The summed E-state index contributed by atoms with van der Waals surface area (Å²) in [5.41, 5.74) is 0.837. The van der Waals surface area contributed by atoms with Gasteiger partial charge in [0.1, 0.15) is 0 Å². The number of carboxylic acid groups (broad SMARTS) is 1. The van der Waals surface area contributed by atoms with E-state index in [9.17, 15) is 9.59 Å². The molecule has 0 unspecified atom stereocenters. The van der Waals surface area contributed by atoms with Gasteiger partial charge in [0.05, 0.1) is 18.4 Å². The number of hydrogen-bond acceptors (Lipinski definition) is 3. The van der Waals surface area contributed by atoms with Gasteiger partial charge in [-0.15, -0.1) is 0 Å². The fourth-order valence-electron chi connectivity index (χ4n) is 2.25. The van der Waals surface area contributed by atoms with Gasteiger partial charge >= 0.3 is 12.0 Å². The summed E-state index contributed by atoms with van der Waals surface area (Å²) in [6.07, 6.45) is -0.123. The topological polar surface area (TPSA) is 84.6 Å². The van der Waals surface area contributed by atoms with Gasteiger partial charge in [-0.25, -0.2) is 4.79 Å².